The summed E-state index contributed by atoms with van der Waals surface area (Å²) in [6, 6.07) is 85.9. The van der Waals surface area contributed by atoms with Crippen LogP contribution in [-0.2, 0) is 0 Å². The molecule has 0 spiro atoms. The zero-order valence-electron chi connectivity index (χ0n) is 35.4. The smallest absolute Gasteiger partial charge is 0.164 e. The highest BCUT2D eigenvalue weighted by atomic mass is 15.0. The molecule has 12 aromatic rings. The molecule has 0 aliphatic rings. The van der Waals surface area contributed by atoms with Crippen LogP contribution in [0.4, 0.5) is 0 Å². The maximum Gasteiger partial charge on any atom is 0.164 e. The van der Waals surface area contributed by atoms with E-state index < -0.39 is 0 Å². The van der Waals surface area contributed by atoms with Gasteiger partial charge in [0.2, 0.25) is 0 Å². The summed E-state index contributed by atoms with van der Waals surface area (Å²) in [6.07, 6.45) is 0. The van der Waals surface area contributed by atoms with Crippen molar-refractivity contribution >= 4 is 32.6 Å². The van der Waals surface area contributed by atoms with Crippen molar-refractivity contribution in [3.63, 3.8) is 0 Å². The number of hydrogen-bond acceptors (Lipinski definition) is 3. The van der Waals surface area contributed by atoms with Gasteiger partial charge in [-0.05, 0) is 97.7 Å². The third kappa shape index (κ3) is 7.13. The van der Waals surface area contributed by atoms with Crippen LogP contribution in [0, 0.1) is 0 Å². The number of rotatable bonds is 8. The molecule has 12 rings (SSSR count). The van der Waals surface area contributed by atoms with Gasteiger partial charge < -0.3 is 4.57 Å². The Kier molecular flexibility index (Phi) is 9.46. The molecule has 0 bridgehead atoms. The molecule has 0 radical (unpaired) electrons. The average molecular weight is 829 g/mol. The topological polar surface area (TPSA) is 43.6 Å². The van der Waals surface area contributed by atoms with E-state index in [1.54, 1.807) is 0 Å². The summed E-state index contributed by atoms with van der Waals surface area (Å²) in [6.45, 7) is 0. The highest BCUT2D eigenvalue weighted by Gasteiger charge is 2.17. The molecule has 304 valence electrons. The fourth-order valence-electron chi connectivity index (χ4n) is 9.25. The number of aromatic nitrogens is 4. The summed E-state index contributed by atoms with van der Waals surface area (Å²) in [7, 11) is 0. The van der Waals surface area contributed by atoms with E-state index >= 15 is 0 Å². The lowest BCUT2D eigenvalue weighted by Crippen LogP contribution is -2.01. The Balaban J connectivity index is 0.955. The summed E-state index contributed by atoms with van der Waals surface area (Å²) in [5.41, 5.74) is 15.4. The molecule has 0 unspecified atom stereocenters. The molecule has 0 aliphatic heterocycles. The van der Waals surface area contributed by atoms with E-state index in [9.17, 15) is 0 Å². The van der Waals surface area contributed by atoms with Crippen LogP contribution in [-0.4, -0.2) is 19.5 Å². The first-order chi connectivity index (χ1) is 32.2. The first-order valence-electron chi connectivity index (χ1n) is 22.0. The number of nitrogens with zero attached hydrogens (tertiary/aromatic N) is 4. The van der Waals surface area contributed by atoms with Gasteiger partial charge in [0.05, 0.1) is 11.0 Å². The summed E-state index contributed by atoms with van der Waals surface area (Å²) in [5, 5.41) is 4.85. The monoisotopic (exact) mass is 828 g/mol. The second kappa shape index (κ2) is 16.2. The van der Waals surface area contributed by atoms with Gasteiger partial charge in [-0.1, -0.05) is 200 Å². The average Bonchev–Trinajstić information content (AvgIpc) is 3.73. The standard InChI is InChI=1S/C61H40N4/c1-2-15-41(16-3-1)45-19-10-21-47(37-45)48-22-11-20-46(38-48)42-33-35-44(36-34-42)59-62-60(50-24-12-23-49(39-50)54-30-14-18-43-17-4-5-27-53(43)54)64-61(63-59)51-25-13-26-52(40-51)65-57-31-8-6-28-55(57)56-29-7-9-32-58(56)65/h1-40H. The minimum absolute atomic E-state index is 0.609. The Hall–Kier alpha value is -8.73. The van der Waals surface area contributed by atoms with Crippen LogP contribution in [0.3, 0.4) is 0 Å². The Labute approximate surface area is 377 Å². The lowest BCUT2D eigenvalue weighted by atomic mass is 9.96. The van der Waals surface area contributed by atoms with Crippen LogP contribution in [0.1, 0.15) is 0 Å². The zero-order chi connectivity index (χ0) is 43.1. The number of para-hydroxylation sites is 2. The predicted molar refractivity (Wildman–Crippen MR) is 270 cm³/mol. The van der Waals surface area contributed by atoms with Crippen molar-refractivity contribution in [2.45, 2.75) is 0 Å². The van der Waals surface area contributed by atoms with Crippen molar-refractivity contribution in [3.05, 3.63) is 243 Å². The van der Waals surface area contributed by atoms with Crippen molar-refractivity contribution in [3.8, 4) is 84.4 Å². The van der Waals surface area contributed by atoms with Gasteiger partial charge >= 0.3 is 0 Å². The second-order valence-corrected chi connectivity index (χ2v) is 16.4. The molecule has 4 nitrogen and oxygen atoms in total. The lowest BCUT2D eigenvalue weighted by molar-refractivity contribution is 1.07. The molecular weight excluding hydrogens is 789 g/mol. The lowest BCUT2D eigenvalue weighted by Gasteiger charge is -2.13. The minimum Gasteiger partial charge on any atom is -0.309 e. The Morgan fingerprint density at radius 2 is 0.646 bits per heavy atom. The Bertz CT molecular complexity index is 3660. The third-order valence-electron chi connectivity index (χ3n) is 12.4. The fourth-order valence-corrected chi connectivity index (χ4v) is 9.25. The third-order valence-corrected chi connectivity index (χ3v) is 12.4. The van der Waals surface area contributed by atoms with Gasteiger partial charge in [-0.2, -0.15) is 0 Å². The van der Waals surface area contributed by atoms with Crippen molar-refractivity contribution in [1.82, 2.24) is 19.5 Å². The quantitative estimate of drug-likeness (QED) is 0.153. The van der Waals surface area contributed by atoms with E-state index in [1.807, 2.05) is 0 Å². The molecule has 65 heavy (non-hydrogen) atoms. The fraction of sp³-hybridized carbons (Fsp3) is 0. The molecule has 0 atom stereocenters. The van der Waals surface area contributed by atoms with E-state index in [4.69, 9.17) is 15.0 Å². The minimum atomic E-state index is 0.609. The van der Waals surface area contributed by atoms with Gasteiger partial charge in [-0.25, -0.2) is 15.0 Å². The summed E-state index contributed by atoms with van der Waals surface area (Å²) < 4.78 is 2.33. The van der Waals surface area contributed by atoms with E-state index in [0.717, 1.165) is 50.1 Å². The number of fused-ring (bicyclic) bond motifs is 4. The van der Waals surface area contributed by atoms with Crippen LogP contribution >= 0.6 is 0 Å². The molecule has 4 heteroatoms. The molecular formula is C61H40N4. The largest absolute Gasteiger partial charge is 0.309 e. The maximum absolute atomic E-state index is 5.24. The van der Waals surface area contributed by atoms with Gasteiger partial charge in [-0.15, -0.1) is 0 Å². The molecule has 0 saturated carbocycles. The number of benzene rings is 10. The van der Waals surface area contributed by atoms with Gasteiger partial charge in [0, 0.05) is 33.2 Å². The van der Waals surface area contributed by atoms with E-state index in [0.29, 0.717) is 17.5 Å². The van der Waals surface area contributed by atoms with Gasteiger partial charge in [0.1, 0.15) is 0 Å². The van der Waals surface area contributed by atoms with Crippen LogP contribution in [0.2, 0.25) is 0 Å². The van der Waals surface area contributed by atoms with Gasteiger partial charge in [0.25, 0.3) is 0 Å². The van der Waals surface area contributed by atoms with E-state index in [2.05, 4.69) is 247 Å². The summed E-state index contributed by atoms with van der Waals surface area (Å²) >= 11 is 0. The molecule has 0 amide bonds. The van der Waals surface area contributed by atoms with Crippen molar-refractivity contribution in [2.24, 2.45) is 0 Å². The molecule has 0 aliphatic carbocycles. The predicted octanol–water partition coefficient (Wildman–Crippen LogP) is 15.8. The molecule has 0 N–H and O–H groups in total. The van der Waals surface area contributed by atoms with Crippen LogP contribution < -0.4 is 0 Å². The van der Waals surface area contributed by atoms with Crippen molar-refractivity contribution in [1.29, 1.82) is 0 Å². The molecule has 2 aromatic heterocycles. The van der Waals surface area contributed by atoms with E-state index in [-0.39, 0.29) is 0 Å². The van der Waals surface area contributed by atoms with Crippen LogP contribution in [0.15, 0.2) is 243 Å². The van der Waals surface area contributed by atoms with Crippen LogP contribution in [0.25, 0.3) is 117 Å². The van der Waals surface area contributed by atoms with Gasteiger partial charge in [-0.3, -0.25) is 0 Å². The molecule has 0 fully saturated rings. The highest BCUT2D eigenvalue weighted by Crippen LogP contribution is 2.36. The molecule has 0 saturated heterocycles. The first-order valence-corrected chi connectivity index (χ1v) is 22.0. The van der Waals surface area contributed by atoms with E-state index in [1.165, 1.54) is 49.4 Å². The summed E-state index contributed by atoms with van der Waals surface area (Å²) in [5.74, 6) is 1.84. The highest BCUT2D eigenvalue weighted by molar-refractivity contribution is 6.09. The Morgan fingerprint density at radius 3 is 1.29 bits per heavy atom. The van der Waals surface area contributed by atoms with Crippen molar-refractivity contribution < 1.29 is 0 Å². The second-order valence-electron chi connectivity index (χ2n) is 16.4. The maximum atomic E-state index is 5.24. The number of hydrogen-bond donors (Lipinski definition) is 0. The molecule has 2 heterocycles. The van der Waals surface area contributed by atoms with Crippen LogP contribution in [0.5, 0.6) is 0 Å². The zero-order valence-corrected chi connectivity index (χ0v) is 35.4. The molecule has 10 aromatic carbocycles. The summed E-state index contributed by atoms with van der Waals surface area (Å²) in [4.78, 5) is 15.7. The van der Waals surface area contributed by atoms with Crippen molar-refractivity contribution in [2.75, 3.05) is 0 Å². The van der Waals surface area contributed by atoms with Gasteiger partial charge in [0.15, 0.2) is 17.5 Å². The SMILES string of the molecule is c1ccc(-c2cccc(-c3cccc(-c4ccc(-c5nc(-c6cccc(-c7cccc8ccccc78)c6)nc(-c6cccc(-n7c8ccccc8c8ccccc87)c6)n5)cc4)c3)c2)cc1. The first kappa shape index (κ1) is 38.0. The Morgan fingerprint density at radius 1 is 0.246 bits per heavy atom. The normalized spacial score (nSPS) is 11.4.